The first-order chi connectivity index (χ1) is 8.60. The third kappa shape index (κ3) is 3.10. The summed E-state index contributed by atoms with van der Waals surface area (Å²) in [5.41, 5.74) is -0.105. The zero-order valence-corrected chi connectivity index (χ0v) is 9.34. The van der Waals surface area contributed by atoms with Crippen molar-refractivity contribution in [3.8, 4) is 41.9 Å². The van der Waals surface area contributed by atoms with Gasteiger partial charge in [0.05, 0.1) is 5.56 Å². The van der Waals surface area contributed by atoms with Gasteiger partial charge in [-0.25, -0.2) is 4.79 Å². The summed E-state index contributed by atoms with van der Waals surface area (Å²) in [5, 5.41) is 18.7. The highest BCUT2D eigenvalue weighted by Crippen LogP contribution is 2.37. The first kappa shape index (κ1) is 13.3. The van der Waals surface area contributed by atoms with Crippen LogP contribution < -0.4 is 9.47 Å². The Morgan fingerprint density at radius 1 is 1.17 bits per heavy atom. The van der Waals surface area contributed by atoms with E-state index in [0.717, 1.165) is 12.1 Å². The van der Waals surface area contributed by atoms with Crippen molar-refractivity contribution in [1.82, 2.24) is 0 Å². The molecule has 0 radical (unpaired) electrons. The minimum absolute atomic E-state index is 0.0696. The Balaban J connectivity index is 3.16. The van der Waals surface area contributed by atoms with Gasteiger partial charge in [-0.2, -0.15) is 0 Å². The monoisotopic (exact) mass is 246 g/mol. The van der Waals surface area contributed by atoms with Gasteiger partial charge in [-0.05, 0) is 12.1 Å². The van der Waals surface area contributed by atoms with Gasteiger partial charge in [0, 0.05) is 0 Å². The molecule has 0 aliphatic heterocycles. The molecule has 0 amide bonds. The van der Waals surface area contributed by atoms with E-state index in [0.29, 0.717) is 0 Å². The van der Waals surface area contributed by atoms with E-state index in [1.54, 1.807) is 0 Å². The van der Waals surface area contributed by atoms with Crippen molar-refractivity contribution in [2.75, 3.05) is 13.2 Å². The van der Waals surface area contributed by atoms with E-state index < -0.39 is 5.97 Å². The normalized spacial score (nSPS) is 9.00. The van der Waals surface area contributed by atoms with Crippen LogP contribution in [0.2, 0.25) is 0 Å². The second-order valence-electron chi connectivity index (χ2n) is 3.11. The number of carbonyl (C=O) groups is 1. The SMILES string of the molecule is C#CCOc1cc(C(=O)O)cc(OCC#C)c1O. The van der Waals surface area contributed by atoms with Crippen LogP contribution in [0.15, 0.2) is 12.1 Å². The molecule has 0 atom stereocenters. The Hall–Kier alpha value is -2.79. The number of rotatable bonds is 5. The third-order valence-corrected chi connectivity index (χ3v) is 1.91. The largest absolute Gasteiger partial charge is 0.502 e. The average molecular weight is 246 g/mol. The molecule has 0 saturated heterocycles. The molecule has 0 heterocycles. The number of hydrogen-bond donors (Lipinski definition) is 2. The molecule has 0 aliphatic rings. The number of aromatic carboxylic acids is 1. The van der Waals surface area contributed by atoms with E-state index in [2.05, 4.69) is 11.8 Å². The number of phenolic OH excluding ortho intramolecular Hbond substituents is 1. The molecule has 0 spiro atoms. The quantitative estimate of drug-likeness (QED) is 0.761. The van der Waals surface area contributed by atoms with Gasteiger partial charge in [0.25, 0.3) is 0 Å². The Morgan fingerprint density at radius 2 is 1.61 bits per heavy atom. The van der Waals surface area contributed by atoms with Crippen molar-refractivity contribution in [3.63, 3.8) is 0 Å². The summed E-state index contributed by atoms with van der Waals surface area (Å²) >= 11 is 0. The molecular formula is C13H10O5. The van der Waals surface area contributed by atoms with Crippen molar-refractivity contribution in [2.45, 2.75) is 0 Å². The molecule has 18 heavy (non-hydrogen) atoms. The number of phenols is 1. The van der Waals surface area contributed by atoms with E-state index in [1.807, 2.05) is 0 Å². The van der Waals surface area contributed by atoms with Crippen LogP contribution in [0.5, 0.6) is 17.2 Å². The van der Waals surface area contributed by atoms with Gasteiger partial charge in [-0.3, -0.25) is 0 Å². The maximum Gasteiger partial charge on any atom is 0.335 e. The van der Waals surface area contributed by atoms with E-state index in [1.165, 1.54) is 0 Å². The number of terminal acetylenes is 2. The topological polar surface area (TPSA) is 76.0 Å². The van der Waals surface area contributed by atoms with E-state index in [9.17, 15) is 9.90 Å². The fourth-order valence-corrected chi connectivity index (χ4v) is 1.16. The Morgan fingerprint density at radius 3 is 1.94 bits per heavy atom. The Labute approximate surface area is 104 Å². The van der Waals surface area contributed by atoms with Gasteiger partial charge in [0.2, 0.25) is 5.75 Å². The van der Waals surface area contributed by atoms with Crippen LogP contribution in [0.25, 0.3) is 0 Å². The first-order valence-electron chi connectivity index (χ1n) is 4.83. The molecule has 0 unspecified atom stereocenters. The van der Waals surface area contributed by atoms with Crippen molar-refractivity contribution in [2.24, 2.45) is 0 Å². The van der Waals surface area contributed by atoms with Crippen molar-refractivity contribution in [3.05, 3.63) is 17.7 Å². The van der Waals surface area contributed by atoms with Gasteiger partial charge < -0.3 is 19.7 Å². The molecule has 0 saturated carbocycles. The Bertz CT molecular complexity index is 494. The lowest BCUT2D eigenvalue weighted by Gasteiger charge is -2.11. The molecule has 0 fully saturated rings. The van der Waals surface area contributed by atoms with Crippen molar-refractivity contribution < 1.29 is 24.5 Å². The Kier molecular flexibility index (Phi) is 4.48. The summed E-state index contributed by atoms with van der Waals surface area (Å²) in [5.74, 6) is 2.73. The highest BCUT2D eigenvalue weighted by molar-refractivity contribution is 5.89. The zero-order chi connectivity index (χ0) is 13.5. The zero-order valence-electron chi connectivity index (χ0n) is 9.34. The van der Waals surface area contributed by atoms with E-state index in [4.69, 9.17) is 27.4 Å². The van der Waals surface area contributed by atoms with Gasteiger partial charge in [0.15, 0.2) is 11.5 Å². The van der Waals surface area contributed by atoms with Crippen LogP contribution in [-0.4, -0.2) is 29.4 Å². The van der Waals surface area contributed by atoms with Crippen LogP contribution in [0.1, 0.15) is 10.4 Å². The minimum atomic E-state index is -1.19. The van der Waals surface area contributed by atoms with E-state index >= 15 is 0 Å². The van der Waals surface area contributed by atoms with Crippen LogP contribution >= 0.6 is 0 Å². The highest BCUT2D eigenvalue weighted by atomic mass is 16.5. The molecule has 1 aromatic carbocycles. The number of carboxylic acid groups (broad SMARTS) is 1. The number of aromatic hydroxyl groups is 1. The minimum Gasteiger partial charge on any atom is -0.502 e. The molecule has 0 aromatic heterocycles. The van der Waals surface area contributed by atoms with Gasteiger partial charge >= 0.3 is 5.97 Å². The predicted octanol–water partition coefficient (Wildman–Crippen LogP) is 1.11. The van der Waals surface area contributed by atoms with Crippen LogP contribution in [-0.2, 0) is 0 Å². The van der Waals surface area contributed by atoms with Crippen LogP contribution in [0, 0.1) is 24.7 Å². The summed E-state index contributed by atoms with van der Waals surface area (Å²) in [6, 6.07) is 2.30. The van der Waals surface area contributed by atoms with Crippen molar-refractivity contribution in [1.29, 1.82) is 0 Å². The standard InChI is InChI=1S/C13H10O5/c1-3-5-17-10-7-9(13(15)16)8-11(12(10)14)18-6-4-2/h1-2,7-8,14H,5-6H2,(H,15,16). The van der Waals surface area contributed by atoms with Crippen LogP contribution in [0.3, 0.4) is 0 Å². The lowest BCUT2D eigenvalue weighted by atomic mass is 10.2. The van der Waals surface area contributed by atoms with Crippen molar-refractivity contribution >= 4 is 5.97 Å². The molecule has 5 nitrogen and oxygen atoms in total. The maximum atomic E-state index is 10.9. The summed E-state index contributed by atoms with van der Waals surface area (Å²) < 4.78 is 10.0. The second kappa shape index (κ2) is 6.07. The molecule has 2 N–H and O–H groups in total. The lowest BCUT2D eigenvalue weighted by Crippen LogP contribution is -2.02. The van der Waals surface area contributed by atoms with Crippen LogP contribution in [0.4, 0.5) is 0 Å². The third-order valence-electron chi connectivity index (χ3n) is 1.91. The molecule has 5 heteroatoms. The fraction of sp³-hybridized carbons (Fsp3) is 0.154. The summed E-state index contributed by atoms with van der Waals surface area (Å²) in [6.45, 7) is -0.212. The molecule has 0 aliphatic carbocycles. The summed E-state index contributed by atoms with van der Waals surface area (Å²) in [6.07, 6.45) is 10.0. The number of benzene rings is 1. The molecule has 1 aromatic rings. The number of carboxylic acids is 1. The van der Waals surface area contributed by atoms with E-state index in [-0.39, 0.29) is 36.0 Å². The summed E-state index contributed by atoms with van der Waals surface area (Å²) in [4.78, 5) is 10.9. The molecular weight excluding hydrogens is 236 g/mol. The second-order valence-corrected chi connectivity index (χ2v) is 3.11. The first-order valence-corrected chi connectivity index (χ1v) is 4.83. The number of ether oxygens (including phenoxy) is 2. The fourth-order valence-electron chi connectivity index (χ4n) is 1.16. The van der Waals surface area contributed by atoms with Gasteiger partial charge in [-0.15, -0.1) is 12.8 Å². The highest BCUT2D eigenvalue weighted by Gasteiger charge is 2.15. The molecule has 0 bridgehead atoms. The van der Waals surface area contributed by atoms with Gasteiger partial charge in [-0.1, -0.05) is 11.8 Å². The predicted molar refractivity (Wildman–Crippen MR) is 63.7 cm³/mol. The molecule has 92 valence electrons. The maximum absolute atomic E-state index is 10.9. The lowest BCUT2D eigenvalue weighted by molar-refractivity contribution is 0.0696. The number of hydrogen-bond acceptors (Lipinski definition) is 4. The average Bonchev–Trinajstić information content (AvgIpc) is 2.35. The summed E-state index contributed by atoms with van der Waals surface area (Å²) in [7, 11) is 0. The van der Waals surface area contributed by atoms with Gasteiger partial charge in [0.1, 0.15) is 13.2 Å². The smallest absolute Gasteiger partial charge is 0.335 e. The molecule has 1 rings (SSSR count).